The minimum Gasteiger partial charge on any atom is -0.370 e. The first-order valence-electron chi connectivity index (χ1n) is 4.10. The van der Waals surface area contributed by atoms with Gasteiger partial charge in [0.2, 0.25) is 0 Å². The molecule has 1 fully saturated rings. The predicted molar refractivity (Wildman–Crippen MR) is 38.8 cm³/mol. The second kappa shape index (κ2) is 3.91. The summed E-state index contributed by atoms with van der Waals surface area (Å²) in [6.45, 7) is 2.77. The van der Waals surface area contributed by atoms with Crippen molar-refractivity contribution in [1.82, 2.24) is 0 Å². The van der Waals surface area contributed by atoms with Crippen LogP contribution in [-0.4, -0.2) is 18.9 Å². The number of ether oxygens (including phenoxy) is 1. The fraction of sp³-hybridized carbons (Fsp3) is 1.00. The molecule has 60 valence electrons. The summed E-state index contributed by atoms with van der Waals surface area (Å²) in [5, 5.41) is 0. The first-order chi connectivity index (χ1) is 4.84. The van der Waals surface area contributed by atoms with Gasteiger partial charge in [-0.25, -0.2) is 4.39 Å². The third-order valence-electron chi connectivity index (χ3n) is 1.85. The molecule has 1 heterocycles. The second-order valence-electron chi connectivity index (χ2n) is 2.88. The molecule has 1 saturated heterocycles. The largest absolute Gasteiger partial charge is 0.370 e. The summed E-state index contributed by atoms with van der Waals surface area (Å²) in [4.78, 5) is 0. The van der Waals surface area contributed by atoms with E-state index in [2.05, 4.69) is 6.92 Å². The molecule has 1 aliphatic heterocycles. The van der Waals surface area contributed by atoms with Crippen molar-refractivity contribution in [2.45, 2.75) is 44.9 Å². The molecular weight excluding hydrogens is 131 g/mol. The smallest absolute Gasteiger partial charge is 0.128 e. The van der Waals surface area contributed by atoms with E-state index >= 15 is 0 Å². The molecule has 2 heteroatoms. The molecule has 0 aromatic carbocycles. The van der Waals surface area contributed by atoms with Crippen LogP contribution in [0.4, 0.5) is 4.39 Å². The molecule has 0 aliphatic carbocycles. The number of alkyl halides is 1. The maximum Gasteiger partial charge on any atom is 0.128 e. The van der Waals surface area contributed by atoms with Gasteiger partial charge in [0.25, 0.3) is 0 Å². The summed E-state index contributed by atoms with van der Waals surface area (Å²) < 4.78 is 17.6. The maximum atomic E-state index is 12.8. The number of unbranched alkanes of at least 4 members (excludes halogenated alkanes) is 2. The van der Waals surface area contributed by atoms with Crippen LogP contribution in [0.5, 0.6) is 0 Å². The Bertz CT molecular complexity index is 91.3. The Labute approximate surface area is 61.6 Å². The number of rotatable bonds is 5. The van der Waals surface area contributed by atoms with Gasteiger partial charge in [-0.3, -0.25) is 0 Å². The molecule has 0 amide bonds. The van der Waals surface area contributed by atoms with Crippen molar-refractivity contribution in [3.05, 3.63) is 0 Å². The minimum atomic E-state index is -0.688. The Morgan fingerprint density at radius 2 is 2.30 bits per heavy atom. The van der Waals surface area contributed by atoms with Gasteiger partial charge in [0.15, 0.2) is 0 Å². The van der Waals surface area contributed by atoms with Crippen LogP contribution in [0.3, 0.4) is 0 Å². The molecule has 0 saturated carbocycles. The Morgan fingerprint density at radius 3 is 2.80 bits per heavy atom. The zero-order valence-corrected chi connectivity index (χ0v) is 6.48. The standard InChI is InChI=1S/C8H15FO/c1-2-3-4-5-7(9)8-6-10-8/h7-8H,2-6H2,1H3. The Kier molecular flexibility index (Phi) is 3.13. The lowest BCUT2D eigenvalue weighted by molar-refractivity contribution is 0.232. The summed E-state index contributed by atoms with van der Waals surface area (Å²) in [6.07, 6.45) is 3.28. The highest BCUT2D eigenvalue weighted by atomic mass is 19.1. The lowest BCUT2D eigenvalue weighted by Gasteiger charge is -2.01. The lowest BCUT2D eigenvalue weighted by atomic mass is 10.1. The van der Waals surface area contributed by atoms with Gasteiger partial charge in [0, 0.05) is 0 Å². The van der Waals surface area contributed by atoms with Gasteiger partial charge >= 0.3 is 0 Å². The maximum absolute atomic E-state index is 12.8. The average Bonchev–Trinajstić information content (AvgIpc) is 2.69. The van der Waals surface area contributed by atoms with E-state index in [9.17, 15) is 4.39 Å². The fourth-order valence-electron chi connectivity index (χ4n) is 1.04. The molecule has 2 atom stereocenters. The summed E-state index contributed by atoms with van der Waals surface area (Å²) >= 11 is 0. The van der Waals surface area contributed by atoms with Crippen LogP contribution >= 0.6 is 0 Å². The van der Waals surface area contributed by atoms with Crippen LogP contribution in [0.15, 0.2) is 0 Å². The minimum absolute atomic E-state index is 0.0446. The van der Waals surface area contributed by atoms with E-state index in [1.807, 2.05) is 0 Å². The average molecular weight is 146 g/mol. The van der Waals surface area contributed by atoms with Crippen LogP contribution in [0, 0.1) is 0 Å². The topological polar surface area (TPSA) is 12.5 Å². The van der Waals surface area contributed by atoms with Gasteiger partial charge in [0.1, 0.15) is 12.3 Å². The van der Waals surface area contributed by atoms with E-state index < -0.39 is 6.17 Å². The van der Waals surface area contributed by atoms with Crippen molar-refractivity contribution in [2.24, 2.45) is 0 Å². The first kappa shape index (κ1) is 7.99. The van der Waals surface area contributed by atoms with E-state index in [1.54, 1.807) is 0 Å². The van der Waals surface area contributed by atoms with Gasteiger partial charge < -0.3 is 4.74 Å². The SMILES string of the molecule is CCCCCC(F)C1CO1. The molecule has 0 bridgehead atoms. The van der Waals surface area contributed by atoms with Crippen molar-refractivity contribution < 1.29 is 9.13 Å². The van der Waals surface area contributed by atoms with Crippen molar-refractivity contribution in [3.63, 3.8) is 0 Å². The van der Waals surface area contributed by atoms with Crippen LogP contribution < -0.4 is 0 Å². The Balaban J connectivity index is 1.90. The van der Waals surface area contributed by atoms with Crippen molar-refractivity contribution in [2.75, 3.05) is 6.61 Å². The number of halogens is 1. The summed E-state index contributed by atoms with van der Waals surface area (Å²) in [5.41, 5.74) is 0. The van der Waals surface area contributed by atoms with Crippen molar-refractivity contribution >= 4 is 0 Å². The number of hydrogen-bond donors (Lipinski definition) is 0. The highest BCUT2D eigenvalue weighted by molar-refractivity contribution is 4.78. The zero-order chi connectivity index (χ0) is 7.40. The van der Waals surface area contributed by atoms with E-state index in [0.717, 1.165) is 19.3 Å². The molecule has 0 aromatic heterocycles. The fourth-order valence-corrected chi connectivity index (χ4v) is 1.04. The molecule has 10 heavy (non-hydrogen) atoms. The second-order valence-corrected chi connectivity index (χ2v) is 2.88. The van der Waals surface area contributed by atoms with Gasteiger partial charge in [-0.2, -0.15) is 0 Å². The van der Waals surface area contributed by atoms with Gasteiger partial charge in [-0.1, -0.05) is 26.2 Å². The highest BCUT2D eigenvalue weighted by Gasteiger charge is 2.31. The molecular formula is C8H15FO. The lowest BCUT2D eigenvalue weighted by Crippen LogP contribution is -2.07. The van der Waals surface area contributed by atoms with E-state index in [4.69, 9.17) is 4.74 Å². The number of epoxide rings is 1. The van der Waals surface area contributed by atoms with Crippen molar-refractivity contribution in [1.29, 1.82) is 0 Å². The monoisotopic (exact) mass is 146 g/mol. The zero-order valence-electron chi connectivity index (χ0n) is 6.48. The summed E-state index contributed by atoms with van der Waals surface area (Å²) in [7, 11) is 0. The third-order valence-corrected chi connectivity index (χ3v) is 1.85. The van der Waals surface area contributed by atoms with Crippen LogP contribution in [-0.2, 0) is 4.74 Å². The normalized spacial score (nSPS) is 26.4. The molecule has 0 spiro atoms. The van der Waals surface area contributed by atoms with E-state index in [-0.39, 0.29) is 6.10 Å². The van der Waals surface area contributed by atoms with E-state index in [1.165, 1.54) is 0 Å². The highest BCUT2D eigenvalue weighted by Crippen LogP contribution is 2.21. The molecule has 0 aromatic rings. The van der Waals surface area contributed by atoms with Crippen molar-refractivity contribution in [3.8, 4) is 0 Å². The molecule has 1 aliphatic rings. The van der Waals surface area contributed by atoms with Crippen LogP contribution in [0.1, 0.15) is 32.6 Å². The number of hydrogen-bond acceptors (Lipinski definition) is 1. The summed E-state index contributed by atoms with van der Waals surface area (Å²) in [5.74, 6) is 0. The molecule has 1 nitrogen and oxygen atoms in total. The molecule has 1 rings (SSSR count). The molecule has 0 radical (unpaired) electrons. The molecule has 0 N–H and O–H groups in total. The Hall–Kier alpha value is -0.110. The third kappa shape index (κ3) is 2.65. The van der Waals surface area contributed by atoms with Gasteiger partial charge in [-0.05, 0) is 6.42 Å². The molecule has 2 unspecified atom stereocenters. The first-order valence-corrected chi connectivity index (χ1v) is 4.10. The van der Waals surface area contributed by atoms with E-state index in [0.29, 0.717) is 13.0 Å². The Morgan fingerprint density at radius 1 is 1.60 bits per heavy atom. The van der Waals surface area contributed by atoms with Crippen LogP contribution in [0.2, 0.25) is 0 Å². The van der Waals surface area contributed by atoms with Gasteiger partial charge in [-0.15, -0.1) is 0 Å². The summed E-state index contributed by atoms with van der Waals surface area (Å²) in [6, 6.07) is 0. The predicted octanol–water partition coefficient (Wildman–Crippen LogP) is 2.30. The van der Waals surface area contributed by atoms with Gasteiger partial charge in [0.05, 0.1) is 6.61 Å². The quantitative estimate of drug-likeness (QED) is 0.428. The van der Waals surface area contributed by atoms with Crippen LogP contribution in [0.25, 0.3) is 0 Å².